The summed E-state index contributed by atoms with van der Waals surface area (Å²) in [6.07, 6.45) is 3.24. The van der Waals surface area contributed by atoms with Gasteiger partial charge in [0.1, 0.15) is 17.2 Å². The molecule has 0 spiro atoms. The van der Waals surface area contributed by atoms with Crippen LogP contribution in [0.15, 0.2) is 72.8 Å². The normalized spacial score (nSPS) is 11.2. The van der Waals surface area contributed by atoms with E-state index in [1.165, 1.54) is 60.7 Å². The molecule has 3 aromatic rings. The second-order valence-electron chi connectivity index (χ2n) is 8.20. The second-order valence-corrected chi connectivity index (χ2v) is 8.20. The third-order valence-electron chi connectivity index (χ3n) is 5.83. The first kappa shape index (κ1) is 26.0. The molecule has 8 heteroatoms. The van der Waals surface area contributed by atoms with Crippen molar-refractivity contribution in [2.75, 3.05) is 6.54 Å². The van der Waals surface area contributed by atoms with E-state index in [4.69, 9.17) is 5.21 Å². The molecule has 0 radical (unpaired) electrons. The molecule has 0 atom stereocenters. The first-order chi connectivity index (χ1) is 16.9. The summed E-state index contributed by atoms with van der Waals surface area (Å²) in [7, 11) is 0. The largest absolute Gasteiger partial charge is 0.376 e. The number of rotatable bonds is 11. The van der Waals surface area contributed by atoms with Crippen LogP contribution < -0.4 is 10.8 Å². The van der Waals surface area contributed by atoms with Crippen molar-refractivity contribution in [2.45, 2.75) is 37.7 Å². The molecule has 3 aromatic carbocycles. The van der Waals surface area contributed by atoms with Crippen LogP contribution in [0.25, 0.3) is 0 Å². The third-order valence-corrected chi connectivity index (χ3v) is 5.83. The summed E-state index contributed by atoms with van der Waals surface area (Å²) >= 11 is 0. The molecule has 3 rings (SSSR count). The number of hydrogen-bond acceptors (Lipinski definition) is 4. The van der Waals surface area contributed by atoms with Gasteiger partial charge in [0.15, 0.2) is 0 Å². The molecule has 0 heterocycles. The fourth-order valence-electron chi connectivity index (χ4n) is 3.95. The summed E-state index contributed by atoms with van der Waals surface area (Å²) < 4.78 is 29.5. The highest BCUT2D eigenvalue weighted by molar-refractivity contribution is 5.94. The topological polar surface area (TPSA) is 98.7 Å². The van der Waals surface area contributed by atoms with E-state index in [1.807, 2.05) is 0 Å². The minimum atomic E-state index is -2.10. The van der Waals surface area contributed by atoms with Gasteiger partial charge in [0.05, 0.1) is 0 Å². The summed E-state index contributed by atoms with van der Waals surface area (Å²) in [5.74, 6) is -2.09. The smallest absolute Gasteiger partial charge is 0.251 e. The summed E-state index contributed by atoms with van der Waals surface area (Å²) in [6.45, 7) is 0.446. The lowest BCUT2D eigenvalue weighted by molar-refractivity contribution is -0.129. The van der Waals surface area contributed by atoms with Gasteiger partial charge in [0, 0.05) is 29.7 Å². The number of amides is 2. The van der Waals surface area contributed by atoms with E-state index in [9.17, 15) is 23.5 Å². The molecule has 0 fully saturated rings. The van der Waals surface area contributed by atoms with E-state index >= 15 is 0 Å². The zero-order valence-electron chi connectivity index (χ0n) is 19.1. The Balaban J connectivity index is 1.70. The van der Waals surface area contributed by atoms with Gasteiger partial charge in [0.2, 0.25) is 5.91 Å². The fraction of sp³-hybridized carbons (Fsp3) is 0.259. The van der Waals surface area contributed by atoms with Crippen LogP contribution in [0.3, 0.4) is 0 Å². The van der Waals surface area contributed by atoms with Crippen molar-refractivity contribution < 1.29 is 28.7 Å². The van der Waals surface area contributed by atoms with Gasteiger partial charge >= 0.3 is 0 Å². The summed E-state index contributed by atoms with van der Waals surface area (Å²) in [5.41, 5.74) is -0.143. The molecule has 0 aliphatic rings. The molecule has 0 aromatic heterocycles. The van der Waals surface area contributed by atoms with Gasteiger partial charge in [0.25, 0.3) is 5.91 Å². The lowest BCUT2D eigenvalue weighted by Crippen LogP contribution is -2.31. The zero-order valence-corrected chi connectivity index (χ0v) is 19.1. The maximum Gasteiger partial charge on any atom is 0.251 e. The van der Waals surface area contributed by atoms with Crippen LogP contribution in [-0.4, -0.2) is 28.7 Å². The Hall–Kier alpha value is -3.62. The van der Waals surface area contributed by atoms with E-state index in [2.05, 4.69) is 5.32 Å². The van der Waals surface area contributed by atoms with Crippen molar-refractivity contribution in [1.82, 2.24) is 10.8 Å². The van der Waals surface area contributed by atoms with E-state index in [-0.39, 0.29) is 29.0 Å². The molecule has 0 unspecified atom stereocenters. The maximum atomic E-state index is 14.7. The quantitative estimate of drug-likeness (QED) is 0.141. The lowest BCUT2D eigenvalue weighted by Gasteiger charge is -2.30. The van der Waals surface area contributed by atoms with Gasteiger partial charge in [-0.15, -0.1) is 0 Å². The van der Waals surface area contributed by atoms with Crippen molar-refractivity contribution >= 4 is 11.8 Å². The number of halogens is 2. The van der Waals surface area contributed by atoms with Gasteiger partial charge in [-0.3, -0.25) is 14.8 Å². The minimum Gasteiger partial charge on any atom is -0.376 e. The molecule has 184 valence electrons. The monoisotopic (exact) mass is 482 g/mol. The number of carbonyl (C=O) groups excluding carboxylic acids is 2. The van der Waals surface area contributed by atoms with Crippen LogP contribution in [-0.2, 0) is 10.4 Å². The molecule has 0 saturated carbocycles. The standard InChI is InChI=1S/C27H28F2N2O4/c28-23-11-6-4-9-21(23)27(34,22-10-5-7-12-24(22)29)20-16-14-19(15-17-20)26(33)30-18-8-2-1-3-13-25(32)31-35/h4-7,9-12,14-17,34-35H,1-3,8,13,18H2,(H,30,33)(H,31,32). The summed E-state index contributed by atoms with van der Waals surface area (Å²) in [4.78, 5) is 23.5. The Morgan fingerprint density at radius 3 is 1.86 bits per heavy atom. The molecule has 6 nitrogen and oxygen atoms in total. The van der Waals surface area contributed by atoms with Gasteiger partial charge in [-0.05, 0) is 42.7 Å². The first-order valence-electron chi connectivity index (χ1n) is 11.4. The summed E-state index contributed by atoms with van der Waals surface area (Å²) in [6, 6.07) is 17.3. The van der Waals surface area contributed by atoms with Crippen molar-refractivity contribution in [3.05, 3.63) is 107 Å². The second kappa shape index (κ2) is 12.2. The van der Waals surface area contributed by atoms with Crippen LogP contribution in [0.2, 0.25) is 0 Å². The first-order valence-corrected chi connectivity index (χ1v) is 11.4. The highest BCUT2D eigenvalue weighted by Gasteiger charge is 2.38. The number of unbranched alkanes of at least 4 members (excludes halogenated alkanes) is 3. The van der Waals surface area contributed by atoms with Crippen molar-refractivity contribution in [1.29, 1.82) is 0 Å². The number of hydrogen-bond donors (Lipinski definition) is 4. The molecule has 4 N–H and O–H groups in total. The van der Waals surface area contributed by atoms with Crippen LogP contribution >= 0.6 is 0 Å². The maximum absolute atomic E-state index is 14.7. The van der Waals surface area contributed by atoms with E-state index in [0.29, 0.717) is 18.5 Å². The molecule has 0 bridgehead atoms. The number of aliphatic hydroxyl groups is 1. The predicted octanol–water partition coefficient (Wildman–Crippen LogP) is 4.43. The van der Waals surface area contributed by atoms with Crippen molar-refractivity contribution in [3.8, 4) is 0 Å². The lowest BCUT2D eigenvalue weighted by atomic mass is 9.79. The number of benzene rings is 3. The molecule has 2 amide bonds. The Morgan fingerprint density at radius 1 is 0.771 bits per heavy atom. The third kappa shape index (κ3) is 6.29. The Morgan fingerprint density at radius 2 is 1.31 bits per heavy atom. The molecular weight excluding hydrogens is 454 g/mol. The van der Waals surface area contributed by atoms with Crippen LogP contribution in [0.1, 0.15) is 59.2 Å². The SMILES string of the molecule is O=C(CCCCCCNC(=O)c1ccc(C(O)(c2ccccc2F)c2ccccc2F)cc1)NO. The predicted molar refractivity (Wildman–Crippen MR) is 127 cm³/mol. The molecular formula is C27H28F2N2O4. The van der Waals surface area contributed by atoms with Crippen molar-refractivity contribution in [2.24, 2.45) is 0 Å². The van der Waals surface area contributed by atoms with E-state index in [1.54, 1.807) is 17.6 Å². The summed E-state index contributed by atoms with van der Waals surface area (Å²) in [5, 5.41) is 23.0. The molecule has 0 saturated heterocycles. The van der Waals surface area contributed by atoms with Gasteiger partial charge in [-0.1, -0.05) is 61.4 Å². The van der Waals surface area contributed by atoms with Crippen molar-refractivity contribution in [3.63, 3.8) is 0 Å². The van der Waals surface area contributed by atoms with E-state index < -0.39 is 23.1 Å². The van der Waals surface area contributed by atoms with Gasteiger partial charge in [-0.25, -0.2) is 14.3 Å². The highest BCUT2D eigenvalue weighted by Crippen LogP contribution is 2.39. The van der Waals surface area contributed by atoms with Gasteiger partial charge in [-0.2, -0.15) is 0 Å². The van der Waals surface area contributed by atoms with Gasteiger partial charge < -0.3 is 10.4 Å². The number of nitrogens with one attached hydrogen (secondary N) is 2. The van der Waals surface area contributed by atoms with Crippen LogP contribution in [0.4, 0.5) is 8.78 Å². The Labute approximate surface area is 202 Å². The molecule has 0 aliphatic heterocycles. The number of hydroxylamine groups is 1. The molecule has 0 aliphatic carbocycles. The van der Waals surface area contributed by atoms with Crippen LogP contribution in [0, 0.1) is 11.6 Å². The molecule has 35 heavy (non-hydrogen) atoms. The highest BCUT2D eigenvalue weighted by atomic mass is 19.1. The number of carbonyl (C=O) groups is 2. The average molecular weight is 483 g/mol. The Bertz CT molecular complexity index is 1110. The zero-order chi connectivity index (χ0) is 25.3. The average Bonchev–Trinajstić information content (AvgIpc) is 2.88. The Kier molecular flexibility index (Phi) is 9.05. The minimum absolute atomic E-state index is 0.0984. The van der Waals surface area contributed by atoms with Crippen LogP contribution in [0.5, 0.6) is 0 Å². The van der Waals surface area contributed by atoms with E-state index in [0.717, 1.165) is 19.3 Å². The fourth-order valence-corrected chi connectivity index (χ4v) is 3.95.